The Bertz CT molecular complexity index is 1160. The summed E-state index contributed by atoms with van der Waals surface area (Å²) in [6, 6.07) is 5.99. The zero-order chi connectivity index (χ0) is 29.4. The number of aromatic nitrogens is 2. The van der Waals surface area contributed by atoms with E-state index in [-0.39, 0.29) is 30.2 Å². The predicted molar refractivity (Wildman–Crippen MR) is 157 cm³/mol. The normalized spacial score (nSPS) is 13.7. The van der Waals surface area contributed by atoms with E-state index in [0.717, 1.165) is 37.1 Å². The van der Waals surface area contributed by atoms with Crippen molar-refractivity contribution in [1.29, 1.82) is 0 Å². The van der Waals surface area contributed by atoms with E-state index in [9.17, 15) is 19.5 Å². The number of carboxylic acids is 1. The van der Waals surface area contributed by atoms with Crippen LogP contribution in [0.2, 0.25) is 0 Å². The van der Waals surface area contributed by atoms with Gasteiger partial charge in [0.2, 0.25) is 11.9 Å². The van der Waals surface area contributed by atoms with Crippen molar-refractivity contribution in [3.05, 3.63) is 41.6 Å². The molecule has 0 unspecified atom stereocenters. The average Bonchev–Trinajstić information content (AvgIpc) is 3.46. The van der Waals surface area contributed by atoms with Crippen LogP contribution in [0.25, 0.3) is 0 Å². The molecule has 1 atom stereocenters. The van der Waals surface area contributed by atoms with E-state index in [4.69, 9.17) is 4.98 Å². The molecule has 218 valence electrons. The smallest absolute Gasteiger partial charge is 0.326 e. The van der Waals surface area contributed by atoms with E-state index in [0.29, 0.717) is 31.1 Å². The molecule has 11 nitrogen and oxygen atoms in total. The van der Waals surface area contributed by atoms with Gasteiger partial charge in [-0.3, -0.25) is 9.69 Å². The van der Waals surface area contributed by atoms with Crippen molar-refractivity contribution in [3.63, 3.8) is 0 Å². The Morgan fingerprint density at radius 2 is 1.62 bits per heavy atom. The van der Waals surface area contributed by atoms with Gasteiger partial charge in [0, 0.05) is 52.7 Å². The highest BCUT2D eigenvalue weighted by molar-refractivity contribution is 5.95. The number of nitrogens with one attached hydrogen (secondary N) is 1. The zero-order valence-corrected chi connectivity index (χ0v) is 24.6. The third-order valence-electron chi connectivity index (χ3n) is 7.05. The molecular weight excluding hydrogens is 510 g/mol. The molecule has 1 saturated heterocycles. The Morgan fingerprint density at radius 1 is 1.02 bits per heavy atom. The van der Waals surface area contributed by atoms with Crippen LogP contribution in [0.1, 0.15) is 51.7 Å². The Kier molecular flexibility index (Phi) is 10.7. The maximum Gasteiger partial charge on any atom is 0.326 e. The Hall–Kier alpha value is -3.89. The molecule has 40 heavy (non-hydrogen) atoms. The van der Waals surface area contributed by atoms with Crippen molar-refractivity contribution in [2.75, 3.05) is 55.4 Å². The summed E-state index contributed by atoms with van der Waals surface area (Å²) >= 11 is 0. The van der Waals surface area contributed by atoms with Crippen LogP contribution in [0.15, 0.2) is 30.5 Å². The van der Waals surface area contributed by atoms with Gasteiger partial charge < -0.3 is 25.1 Å². The highest BCUT2D eigenvalue weighted by Gasteiger charge is 2.28. The summed E-state index contributed by atoms with van der Waals surface area (Å²) in [6.07, 6.45) is 4.21. The van der Waals surface area contributed by atoms with Crippen LogP contribution < -0.4 is 15.1 Å². The third-order valence-corrected chi connectivity index (χ3v) is 7.05. The summed E-state index contributed by atoms with van der Waals surface area (Å²) in [6.45, 7) is 10.7. The first-order valence-electron chi connectivity index (χ1n) is 14.0. The number of rotatable bonds is 12. The maximum atomic E-state index is 13.1. The third kappa shape index (κ3) is 7.61. The first-order valence-corrected chi connectivity index (χ1v) is 14.0. The highest BCUT2D eigenvalue weighted by atomic mass is 16.4. The number of likely N-dealkylation sites (tertiary alicyclic amines) is 1. The maximum absolute atomic E-state index is 13.1. The Balaban J connectivity index is 1.88. The minimum absolute atomic E-state index is 0.123. The predicted octanol–water partition coefficient (Wildman–Crippen LogP) is 3.49. The van der Waals surface area contributed by atoms with Gasteiger partial charge in [-0.1, -0.05) is 24.3 Å². The quantitative estimate of drug-likeness (QED) is 0.410. The fourth-order valence-corrected chi connectivity index (χ4v) is 4.77. The molecule has 0 aliphatic carbocycles. The molecule has 0 radical (unpaired) electrons. The van der Waals surface area contributed by atoms with Crippen LogP contribution in [0.5, 0.6) is 0 Å². The minimum Gasteiger partial charge on any atom is -0.480 e. The van der Waals surface area contributed by atoms with Crippen LogP contribution in [0, 0.1) is 0 Å². The molecule has 1 aliphatic rings. The van der Waals surface area contributed by atoms with Crippen molar-refractivity contribution < 1.29 is 19.5 Å². The first-order chi connectivity index (χ1) is 19.0. The van der Waals surface area contributed by atoms with Gasteiger partial charge in [0.25, 0.3) is 0 Å². The number of amides is 3. The van der Waals surface area contributed by atoms with Crippen molar-refractivity contribution in [1.82, 2.24) is 19.8 Å². The molecule has 1 aromatic carbocycles. The largest absolute Gasteiger partial charge is 0.480 e. The number of aliphatic carboxylic acids is 1. The van der Waals surface area contributed by atoms with Crippen molar-refractivity contribution in [2.45, 2.75) is 65.5 Å². The Morgan fingerprint density at radius 3 is 2.15 bits per heavy atom. The number of hydrogen-bond acceptors (Lipinski definition) is 7. The van der Waals surface area contributed by atoms with Crippen molar-refractivity contribution in [2.24, 2.45) is 0 Å². The van der Waals surface area contributed by atoms with E-state index in [1.165, 1.54) is 4.90 Å². The first kappa shape index (κ1) is 30.6. The molecule has 0 spiro atoms. The fraction of sp³-hybridized carbons (Fsp3) is 0.552. The van der Waals surface area contributed by atoms with Gasteiger partial charge in [-0.2, -0.15) is 4.98 Å². The summed E-state index contributed by atoms with van der Waals surface area (Å²) in [7, 11) is 3.33. The van der Waals surface area contributed by atoms with E-state index in [2.05, 4.69) is 10.3 Å². The second kappa shape index (κ2) is 14.0. The lowest BCUT2D eigenvalue weighted by molar-refractivity contribution is -0.138. The molecule has 1 fully saturated rings. The molecule has 3 amide bonds. The molecule has 0 saturated carbocycles. The summed E-state index contributed by atoms with van der Waals surface area (Å²) in [5.74, 6) is -0.190. The molecule has 0 bridgehead atoms. The monoisotopic (exact) mass is 553 g/mol. The van der Waals surface area contributed by atoms with Gasteiger partial charge in [0.1, 0.15) is 11.7 Å². The Labute approximate surface area is 237 Å². The van der Waals surface area contributed by atoms with Gasteiger partial charge in [-0.05, 0) is 51.7 Å². The highest BCUT2D eigenvalue weighted by Crippen LogP contribution is 2.29. The van der Waals surface area contributed by atoms with E-state index in [1.54, 1.807) is 25.2 Å². The fourth-order valence-electron chi connectivity index (χ4n) is 4.77. The van der Waals surface area contributed by atoms with Crippen LogP contribution in [-0.2, 0) is 22.4 Å². The van der Waals surface area contributed by atoms with E-state index < -0.39 is 12.0 Å². The molecular formula is C29H43N7O4. The standard InChI is InChI=1S/C29H43N7O4/c1-7-34(8-2)28-30-19-24(36(20(3)4)29(40)33(5)6)26(32-28)31-23(27(38)39)17-21-11-13-22(14-12-21)18-25(37)35-15-9-10-16-35/h11-14,19-20,23H,7-10,15-18H2,1-6H3,(H,38,39)(H,30,31,32)/t23-/m0/s1. The summed E-state index contributed by atoms with van der Waals surface area (Å²) < 4.78 is 0. The van der Waals surface area contributed by atoms with Gasteiger partial charge >= 0.3 is 12.0 Å². The number of urea groups is 1. The number of anilines is 3. The van der Waals surface area contributed by atoms with Gasteiger partial charge in [-0.25, -0.2) is 14.6 Å². The second-order valence-electron chi connectivity index (χ2n) is 10.5. The summed E-state index contributed by atoms with van der Waals surface area (Å²) in [5.41, 5.74) is 2.12. The number of benzene rings is 1. The average molecular weight is 554 g/mol. The zero-order valence-electron chi connectivity index (χ0n) is 24.6. The molecule has 2 N–H and O–H groups in total. The van der Waals surface area contributed by atoms with Gasteiger partial charge in [0.15, 0.2) is 5.82 Å². The van der Waals surface area contributed by atoms with Gasteiger partial charge in [-0.15, -0.1) is 0 Å². The lowest BCUT2D eigenvalue weighted by atomic mass is 10.0. The SMILES string of the molecule is CCN(CC)c1ncc(N(C(=O)N(C)C)C(C)C)c(N[C@@H](Cc2ccc(CC(=O)N3CCCC3)cc2)C(=O)O)n1. The number of hydrogen-bond donors (Lipinski definition) is 2. The van der Waals surface area contributed by atoms with Gasteiger partial charge in [0.05, 0.1) is 12.6 Å². The number of carbonyl (C=O) groups excluding carboxylic acids is 2. The number of carbonyl (C=O) groups is 3. The summed E-state index contributed by atoms with van der Waals surface area (Å²) in [4.78, 5) is 54.1. The summed E-state index contributed by atoms with van der Waals surface area (Å²) in [5, 5.41) is 13.2. The van der Waals surface area contributed by atoms with Crippen LogP contribution in [0.3, 0.4) is 0 Å². The minimum atomic E-state index is -1.04. The molecule has 11 heteroatoms. The van der Waals surface area contributed by atoms with Crippen LogP contribution >= 0.6 is 0 Å². The lowest BCUT2D eigenvalue weighted by Gasteiger charge is -2.32. The van der Waals surface area contributed by atoms with E-state index in [1.807, 2.05) is 61.8 Å². The van der Waals surface area contributed by atoms with Crippen molar-refractivity contribution in [3.8, 4) is 0 Å². The van der Waals surface area contributed by atoms with Crippen molar-refractivity contribution >= 4 is 35.4 Å². The lowest BCUT2D eigenvalue weighted by Crippen LogP contribution is -2.44. The molecule has 1 aromatic heterocycles. The van der Waals surface area contributed by atoms with Crippen LogP contribution in [0.4, 0.5) is 22.2 Å². The molecule has 1 aliphatic heterocycles. The second-order valence-corrected chi connectivity index (χ2v) is 10.5. The number of carboxylic acid groups (broad SMARTS) is 1. The van der Waals surface area contributed by atoms with Crippen LogP contribution in [-0.4, -0.2) is 95.1 Å². The topological polar surface area (TPSA) is 122 Å². The molecule has 2 aromatic rings. The number of nitrogens with zero attached hydrogens (tertiary/aromatic N) is 6. The molecule has 3 rings (SSSR count). The van der Waals surface area contributed by atoms with E-state index >= 15 is 0 Å². The molecule has 2 heterocycles.